The molecular weight excluding hydrogens is 298 g/mol. The molecule has 3 rings (SSSR count). The Morgan fingerprint density at radius 1 is 1.08 bits per heavy atom. The van der Waals surface area contributed by atoms with Crippen molar-refractivity contribution in [3.63, 3.8) is 0 Å². The average molecular weight is 323 g/mol. The number of aliphatic hydroxyl groups is 1. The van der Waals surface area contributed by atoms with Gasteiger partial charge in [-0.1, -0.05) is 48.5 Å². The summed E-state index contributed by atoms with van der Waals surface area (Å²) < 4.78 is 0. The number of Topliss-reactive ketones (excluding diaryl/α,β-unsaturated/α-hetero) is 1. The van der Waals surface area contributed by atoms with Crippen LogP contribution in [0.4, 0.5) is 0 Å². The molecule has 0 bridgehead atoms. The molecule has 0 aromatic heterocycles. The molecule has 126 valence electrons. The molecule has 0 spiro atoms. The normalized spacial score (nSPS) is 24.8. The smallest absolute Gasteiger partial charge is 0.170 e. The summed E-state index contributed by atoms with van der Waals surface area (Å²) in [5.74, 6) is -0.427. The van der Waals surface area contributed by atoms with Crippen LogP contribution in [0.25, 0.3) is 0 Å². The van der Waals surface area contributed by atoms with E-state index in [1.54, 1.807) is 0 Å². The van der Waals surface area contributed by atoms with Gasteiger partial charge in [0.2, 0.25) is 0 Å². The van der Waals surface area contributed by atoms with Crippen molar-refractivity contribution in [1.82, 2.24) is 4.90 Å². The highest BCUT2D eigenvalue weighted by molar-refractivity contribution is 6.00. The van der Waals surface area contributed by atoms with Crippen molar-refractivity contribution >= 4 is 5.78 Å². The van der Waals surface area contributed by atoms with Crippen LogP contribution in [0, 0.1) is 19.8 Å². The Kier molecular flexibility index (Phi) is 4.57. The minimum absolute atomic E-state index is 0.0328. The van der Waals surface area contributed by atoms with E-state index in [2.05, 4.69) is 4.90 Å². The second-order valence-corrected chi connectivity index (χ2v) is 6.98. The summed E-state index contributed by atoms with van der Waals surface area (Å²) in [6, 6.07) is 15.5. The Hall–Kier alpha value is -1.97. The minimum Gasteiger partial charge on any atom is -0.384 e. The zero-order chi connectivity index (χ0) is 17.3. The van der Waals surface area contributed by atoms with Gasteiger partial charge < -0.3 is 10.0 Å². The molecule has 0 aliphatic carbocycles. The largest absolute Gasteiger partial charge is 0.384 e. The molecule has 1 N–H and O–H groups in total. The van der Waals surface area contributed by atoms with Gasteiger partial charge in [-0.2, -0.15) is 0 Å². The number of piperidine rings is 1. The second kappa shape index (κ2) is 6.50. The van der Waals surface area contributed by atoms with Crippen molar-refractivity contribution < 1.29 is 9.90 Å². The van der Waals surface area contributed by atoms with Gasteiger partial charge in [0.1, 0.15) is 5.60 Å². The summed E-state index contributed by atoms with van der Waals surface area (Å²) in [5, 5.41) is 11.6. The Labute approximate surface area is 143 Å². The van der Waals surface area contributed by atoms with E-state index in [4.69, 9.17) is 0 Å². The molecule has 1 fully saturated rings. The maximum Gasteiger partial charge on any atom is 0.170 e. The summed E-state index contributed by atoms with van der Waals surface area (Å²) in [7, 11) is 2.01. The molecule has 2 aromatic carbocycles. The van der Waals surface area contributed by atoms with Gasteiger partial charge in [-0.3, -0.25) is 4.79 Å². The SMILES string of the molecule is Cc1ccccc1C(=O)[C@@H]1CN(C)CC[C@@]1(O)c1ccccc1C. The second-order valence-electron chi connectivity index (χ2n) is 6.98. The summed E-state index contributed by atoms with van der Waals surface area (Å²) in [5.41, 5.74) is 2.47. The number of hydrogen-bond acceptors (Lipinski definition) is 3. The molecule has 1 heterocycles. The molecule has 0 saturated carbocycles. The monoisotopic (exact) mass is 323 g/mol. The summed E-state index contributed by atoms with van der Waals surface area (Å²) >= 11 is 0. The van der Waals surface area contributed by atoms with Crippen LogP contribution in [0.2, 0.25) is 0 Å². The fourth-order valence-corrected chi connectivity index (χ4v) is 3.81. The molecule has 3 heteroatoms. The van der Waals surface area contributed by atoms with Crippen LogP contribution >= 0.6 is 0 Å². The van der Waals surface area contributed by atoms with Crippen LogP contribution in [0.5, 0.6) is 0 Å². The van der Waals surface area contributed by atoms with Crippen LogP contribution in [0.15, 0.2) is 48.5 Å². The number of carbonyl (C=O) groups is 1. The van der Waals surface area contributed by atoms with Gasteiger partial charge in [0.15, 0.2) is 5.78 Å². The highest BCUT2D eigenvalue weighted by Crippen LogP contribution is 2.40. The molecule has 3 nitrogen and oxygen atoms in total. The first kappa shape index (κ1) is 16.9. The van der Waals surface area contributed by atoms with Gasteiger partial charge in [-0.15, -0.1) is 0 Å². The van der Waals surface area contributed by atoms with E-state index in [1.165, 1.54) is 0 Å². The van der Waals surface area contributed by atoms with E-state index >= 15 is 0 Å². The lowest BCUT2D eigenvalue weighted by atomic mass is 9.71. The topological polar surface area (TPSA) is 40.5 Å². The van der Waals surface area contributed by atoms with Gasteiger partial charge in [0.25, 0.3) is 0 Å². The first-order chi connectivity index (χ1) is 11.4. The van der Waals surface area contributed by atoms with Crippen molar-refractivity contribution in [2.75, 3.05) is 20.1 Å². The van der Waals surface area contributed by atoms with Crippen LogP contribution < -0.4 is 0 Å². The Balaban J connectivity index is 2.06. The van der Waals surface area contributed by atoms with E-state index in [9.17, 15) is 9.90 Å². The van der Waals surface area contributed by atoms with Gasteiger partial charge in [0, 0.05) is 18.7 Å². The highest BCUT2D eigenvalue weighted by atomic mass is 16.3. The summed E-state index contributed by atoms with van der Waals surface area (Å²) in [6.45, 7) is 5.30. The number of nitrogens with zero attached hydrogens (tertiary/aromatic N) is 1. The quantitative estimate of drug-likeness (QED) is 0.881. The van der Waals surface area contributed by atoms with Crippen molar-refractivity contribution in [2.24, 2.45) is 5.92 Å². The lowest BCUT2D eigenvalue weighted by molar-refractivity contribution is -0.0598. The molecule has 0 amide bonds. The number of likely N-dealkylation sites (tertiary alicyclic amines) is 1. The highest BCUT2D eigenvalue weighted by Gasteiger charge is 2.46. The third kappa shape index (κ3) is 2.90. The standard InChI is InChI=1S/C21H25NO2/c1-15-8-4-6-10-17(15)20(23)19-14-22(3)13-12-21(19,24)18-11-7-5-9-16(18)2/h4-11,19,24H,12-14H2,1-3H3/t19-,21+/m0/s1. The summed E-state index contributed by atoms with van der Waals surface area (Å²) in [4.78, 5) is 15.4. The van der Waals surface area contributed by atoms with Gasteiger partial charge >= 0.3 is 0 Å². The molecule has 2 aromatic rings. The molecule has 1 aliphatic heterocycles. The maximum absolute atomic E-state index is 13.3. The zero-order valence-corrected chi connectivity index (χ0v) is 14.6. The number of aryl methyl sites for hydroxylation is 2. The molecule has 0 radical (unpaired) electrons. The fourth-order valence-electron chi connectivity index (χ4n) is 3.81. The Bertz CT molecular complexity index is 755. The van der Waals surface area contributed by atoms with E-state index < -0.39 is 11.5 Å². The van der Waals surface area contributed by atoms with E-state index in [1.807, 2.05) is 69.4 Å². The maximum atomic E-state index is 13.3. The number of ketones is 1. The molecule has 24 heavy (non-hydrogen) atoms. The van der Waals surface area contributed by atoms with E-state index in [0.29, 0.717) is 18.5 Å². The third-order valence-corrected chi connectivity index (χ3v) is 5.28. The van der Waals surface area contributed by atoms with Crippen LogP contribution in [0.1, 0.15) is 33.5 Å². The third-order valence-electron chi connectivity index (χ3n) is 5.28. The molecule has 2 atom stereocenters. The number of rotatable bonds is 3. The van der Waals surface area contributed by atoms with Crippen LogP contribution in [-0.2, 0) is 5.60 Å². The fraction of sp³-hybridized carbons (Fsp3) is 0.381. The van der Waals surface area contributed by atoms with Gasteiger partial charge in [-0.05, 0) is 44.0 Å². The minimum atomic E-state index is -1.11. The lowest BCUT2D eigenvalue weighted by Crippen LogP contribution is -2.52. The summed E-state index contributed by atoms with van der Waals surface area (Å²) in [6.07, 6.45) is 0.566. The van der Waals surface area contributed by atoms with Crippen molar-refractivity contribution in [2.45, 2.75) is 25.9 Å². The predicted molar refractivity (Wildman–Crippen MR) is 96.2 cm³/mol. The molecular formula is C21H25NO2. The van der Waals surface area contributed by atoms with Crippen molar-refractivity contribution in [3.05, 3.63) is 70.8 Å². The molecule has 1 aliphatic rings. The van der Waals surface area contributed by atoms with E-state index in [0.717, 1.165) is 23.2 Å². The molecule has 0 unspecified atom stereocenters. The van der Waals surface area contributed by atoms with Crippen LogP contribution in [0.3, 0.4) is 0 Å². The Morgan fingerprint density at radius 3 is 2.38 bits per heavy atom. The average Bonchev–Trinajstić information content (AvgIpc) is 2.57. The van der Waals surface area contributed by atoms with Crippen LogP contribution in [-0.4, -0.2) is 35.9 Å². The number of hydrogen-bond donors (Lipinski definition) is 1. The lowest BCUT2D eigenvalue weighted by Gasteiger charge is -2.44. The first-order valence-electron chi connectivity index (χ1n) is 8.50. The molecule has 1 saturated heterocycles. The van der Waals surface area contributed by atoms with Gasteiger partial charge in [0.05, 0.1) is 5.92 Å². The Morgan fingerprint density at radius 2 is 1.71 bits per heavy atom. The van der Waals surface area contributed by atoms with Crippen molar-refractivity contribution in [1.29, 1.82) is 0 Å². The first-order valence-corrected chi connectivity index (χ1v) is 8.50. The zero-order valence-electron chi connectivity index (χ0n) is 14.6. The van der Waals surface area contributed by atoms with E-state index in [-0.39, 0.29) is 5.78 Å². The predicted octanol–water partition coefficient (Wildman–Crippen LogP) is 3.33. The number of benzene rings is 2. The number of carbonyl (C=O) groups excluding carboxylic acids is 1. The van der Waals surface area contributed by atoms with Gasteiger partial charge in [-0.25, -0.2) is 0 Å². The van der Waals surface area contributed by atoms with Crippen molar-refractivity contribution in [3.8, 4) is 0 Å².